The lowest BCUT2D eigenvalue weighted by Gasteiger charge is -2.42. The standard InChI is InChI=1S/C20H29N3O.C2HF3O2/c1-15-19(2,3)17-6-7-20(15,11-17)18(24)23-9-4-5-16(13-23)12-22-10-8-21-14-22;3-2(4,5)1(6)7/h8,10,14,16-17H,1,4-7,9,11-13H2,2-3H3;(H,6,7). The van der Waals surface area contributed by atoms with Crippen LogP contribution in [-0.4, -0.2) is 50.7 Å². The fourth-order valence-corrected chi connectivity index (χ4v) is 5.52. The van der Waals surface area contributed by atoms with Gasteiger partial charge >= 0.3 is 12.1 Å². The van der Waals surface area contributed by atoms with Crippen LogP contribution in [0, 0.1) is 22.7 Å². The average molecular weight is 441 g/mol. The fourth-order valence-electron chi connectivity index (χ4n) is 5.52. The van der Waals surface area contributed by atoms with E-state index in [0.29, 0.717) is 17.7 Å². The van der Waals surface area contributed by atoms with Gasteiger partial charge < -0.3 is 14.6 Å². The monoisotopic (exact) mass is 441 g/mol. The largest absolute Gasteiger partial charge is 0.490 e. The normalized spacial score (nSPS) is 29.5. The second-order valence-electron chi connectivity index (χ2n) is 9.54. The van der Waals surface area contributed by atoms with Crippen LogP contribution in [0.1, 0.15) is 46.0 Å². The Labute approximate surface area is 180 Å². The van der Waals surface area contributed by atoms with Gasteiger partial charge in [0.05, 0.1) is 11.7 Å². The van der Waals surface area contributed by atoms with Gasteiger partial charge in [0.2, 0.25) is 5.91 Å². The molecule has 1 aromatic rings. The molecule has 1 N–H and O–H groups in total. The summed E-state index contributed by atoms with van der Waals surface area (Å²) in [7, 11) is 0. The van der Waals surface area contributed by atoms with Crippen LogP contribution >= 0.6 is 0 Å². The van der Waals surface area contributed by atoms with Gasteiger partial charge in [-0.3, -0.25) is 4.79 Å². The highest BCUT2D eigenvalue weighted by atomic mass is 19.4. The number of rotatable bonds is 3. The maximum absolute atomic E-state index is 13.5. The zero-order chi connectivity index (χ0) is 23.0. The second-order valence-corrected chi connectivity index (χ2v) is 9.54. The third-order valence-electron chi connectivity index (χ3n) is 7.38. The number of alkyl halides is 3. The molecule has 0 aromatic carbocycles. The number of likely N-dealkylation sites (tertiary alicyclic amines) is 1. The molecule has 31 heavy (non-hydrogen) atoms. The van der Waals surface area contributed by atoms with Crippen molar-refractivity contribution in [2.45, 2.75) is 58.7 Å². The molecule has 3 unspecified atom stereocenters. The summed E-state index contributed by atoms with van der Waals surface area (Å²) in [5.41, 5.74) is 1.07. The van der Waals surface area contributed by atoms with Crippen LogP contribution in [0.4, 0.5) is 13.2 Å². The average Bonchev–Trinajstić information content (AvgIpc) is 3.40. The second kappa shape index (κ2) is 8.31. The lowest BCUT2D eigenvalue weighted by atomic mass is 9.68. The summed E-state index contributed by atoms with van der Waals surface area (Å²) in [5.74, 6) is -1.21. The van der Waals surface area contributed by atoms with Crippen LogP contribution in [0.2, 0.25) is 0 Å². The minimum Gasteiger partial charge on any atom is -0.475 e. The summed E-state index contributed by atoms with van der Waals surface area (Å²) in [6.45, 7) is 11.7. The van der Waals surface area contributed by atoms with Gasteiger partial charge in [-0.15, -0.1) is 0 Å². The molecule has 6 nitrogen and oxygen atoms in total. The summed E-state index contributed by atoms with van der Waals surface area (Å²) < 4.78 is 33.9. The number of carboxylic acids is 1. The lowest BCUT2D eigenvalue weighted by Crippen LogP contribution is -2.48. The van der Waals surface area contributed by atoms with E-state index in [1.165, 1.54) is 18.4 Å². The smallest absolute Gasteiger partial charge is 0.475 e. The molecule has 1 aromatic heterocycles. The first-order valence-electron chi connectivity index (χ1n) is 10.6. The van der Waals surface area contributed by atoms with Crippen molar-refractivity contribution in [3.63, 3.8) is 0 Å². The first-order valence-corrected chi connectivity index (χ1v) is 10.6. The Balaban J connectivity index is 0.000000339. The van der Waals surface area contributed by atoms with Gasteiger partial charge in [0, 0.05) is 32.0 Å². The third kappa shape index (κ3) is 4.50. The highest BCUT2D eigenvalue weighted by Gasteiger charge is 2.61. The Morgan fingerprint density at radius 3 is 2.52 bits per heavy atom. The minimum absolute atomic E-state index is 0.125. The molecule has 0 radical (unpaired) electrons. The SMILES string of the molecule is C=C1C2(C(=O)N3CCCC(Cn4ccnc4)C3)CCC(C2)C1(C)C.O=C(O)C(F)(F)F. The van der Waals surface area contributed by atoms with E-state index in [1.807, 2.05) is 18.7 Å². The molecule has 3 aliphatic rings. The molecule has 0 spiro atoms. The summed E-state index contributed by atoms with van der Waals surface area (Å²) in [6, 6.07) is 0. The minimum atomic E-state index is -5.08. The van der Waals surface area contributed by atoms with E-state index in [0.717, 1.165) is 38.9 Å². The van der Waals surface area contributed by atoms with Crippen molar-refractivity contribution in [2.75, 3.05) is 13.1 Å². The maximum Gasteiger partial charge on any atom is 0.490 e. The predicted molar refractivity (Wildman–Crippen MR) is 108 cm³/mol. The predicted octanol–water partition coefficient (Wildman–Crippen LogP) is 4.14. The van der Waals surface area contributed by atoms with E-state index in [1.54, 1.807) is 0 Å². The molecular weight excluding hydrogens is 411 g/mol. The highest BCUT2D eigenvalue weighted by Crippen LogP contribution is 2.66. The van der Waals surface area contributed by atoms with Crippen molar-refractivity contribution in [1.29, 1.82) is 0 Å². The Kier molecular flexibility index (Phi) is 6.26. The number of imidazole rings is 1. The van der Waals surface area contributed by atoms with Gasteiger partial charge in [-0.25, -0.2) is 9.78 Å². The van der Waals surface area contributed by atoms with Gasteiger partial charge in [0.1, 0.15) is 0 Å². The van der Waals surface area contributed by atoms with E-state index >= 15 is 0 Å². The highest BCUT2D eigenvalue weighted by molar-refractivity contribution is 5.87. The topological polar surface area (TPSA) is 75.4 Å². The molecule has 4 rings (SSSR count). The van der Waals surface area contributed by atoms with Gasteiger partial charge in [-0.05, 0) is 49.4 Å². The summed E-state index contributed by atoms with van der Waals surface area (Å²) in [6.07, 6.45) is 6.18. The summed E-state index contributed by atoms with van der Waals surface area (Å²) >= 11 is 0. The van der Waals surface area contributed by atoms with Gasteiger partial charge in [0.15, 0.2) is 0 Å². The van der Waals surface area contributed by atoms with Crippen molar-refractivity contribution in [3.8, 4) is 0 Å². The number of hydrogen-bond donors (Lipinski definition) is 1. The molecule has 3 atom stereocenters. The number of fused-ring (bicyclic) bond motifs is 2. The van der Waals surface area contributed by atoms with Crippen molar-refractivity contribution in [2.24, 2.45) is 22.7 Å². The van der Waals surface area contributed by atoms with E-state index in [9.17, 15) is 18.0 Å². The summed E-state index contributed by atoms with van der Waals surface area (Å²) in [5, 5.41) is 7.12. The van der Waals surface area contributed by atoms with E-state index in [-0.39, 0.29) is 10.8 Å². The number of piperidine rings is 1. The number of aliphatic carboxylic acids is 1. The molecule has 3 fully saturated rings. The molecule has 1 saturated heterocycles. The molecule has 2 aliphatic carbocycles. The van der Waals surface area contributed by atoms with Crippen LogP contribution in [-0.2, 0) is 16.1 Å². The number of hydrogen-bond acceptors (Lipinski definition) is 3. The summed E-state index contributed by atoms with van der Waals surface area (Å²) in [4.78, 5) is 28.7. The number of nitrogens with zero attached hydrogens (tertiary/aromatic N) is 3. The van der Waals surface area contributed by atoms with Gasteiger partial charge in [-0.1, -0.05) is 26.0 Å². The van der Waals surface area contributed by atoms with E-state index < -0.39 is 12.1 Å². The van der Waals surface area contributed by atoms with Crippen LogP contribution in [0.5, 0.6) is 0 Å². The third-order valence-corrected chi connectivity index (χ3v) is 7.38. The first kappa shape index (κ1) is 23.3. The molecule has 172 valence electrons. The molecule has 1 amide bonds. The lowest BCUT2D eigenvalue weighted by molar-refractivity contribution is -0.192. The van der Waals surface area contributed by atoms with Crippen LogP contribution in [0.15, 0.2) is 30.9 Å². The number of halogens is 3. The van der Waals surface area contributed by atoms with Crippen LogP contribution in [0.3, 0.4) is 0 Å². The molecule has 2 bridgehead atoms. The Hall–Kier alpha value is -2.32. The van der Waals surface area contributed by atoms with E-state index in [4.69, 9.17) is 9.90 Å². The molecule has 2 saturated carbocycles. The van der Waals surface area contributed by atoms with Gasteiger partial charge in [-0.2, -0.15) is 13.2 Å². The van der Waals surface area contributed by atoms with Crippen molar-refractivity contribution >= 4 is 11.9 Å². The number of carbonyl (C=O) groups excluding carboxylic acids is 1. The number of carboxylic acid groups (broad SMARTS) is 1. The van der Waals surface area contributed by atoms with Gasteiger partial charge in [0.25, 0.3) is 0 Å². The van der Waals surface area contributed by atoms with Crippen LogP contribution < -0.4 is 0 Å². The first-order chi connectivity index (χ1) is 14.4. The van der Waals surface area contributed by atoms with E-state index in [2.05, 4.69) is 34.9 Å². The zero-order valence-electron chi connectivity index (χ0n) is 18.0. The zero-order valence-corrected chi connectivity index (χ0v) is 18.0. The van der Waals surface area contributed by atoms with Crippen LogP contribution in [0.25, 0.3) is 0 Å². The number of amides is 1. The number of aromatic nitrogens is 2. The molecule has 9 heteroatoms. The van der Waals surface area contributed by atoms with Crippen molar-refractivity contribution < 1.29 is 27.9 Å². The number of carbonyl (C=O) groups is 2. The quantitative estimate of drug-likeness (QED) is 0.716. The molecular formula is C22H30F3N3O3. The molecule has 2 heterocycles. The fraction of sp³-hybridized carbons (Fsp3) is 0.682. The Morgan fingerprint density at radius 1 is 1.32 bits per heavy atom. The molecule has 1 aliphatic heterocycles. The maximum atomic E-state index is 13.5. The van der Waals surface area contributed by atoms with Crippen molar-refractivity contribution in [3.05, 3.63) is 30.9 Å². The Morgan fingerprint density at radius 2 is 2.00 bits per heavy atom. The van der Waals surface area contributed by atoms with Crippen molar-refractivity contribution in [1.82, 2.24) is 14.5 Å². The Bertz CT molecular complexity index is 835.